The van der Waals surface area contributed by atoms with E-state index >= 15 is 0 Å². The number of carbonyl (C=O) groups excluding carboxylic acids is 1. The average Bonchev–Trinajstić information content (AvgIpc) is 2.45. The highest BCUT2D eigenvalue weighted by atomic mass is 79.9. The van der Waals surface area contributed by atoms with Gasteiger partial charge in [-0.2, -0.15) is 0 Å². The van der Waals surface area contributed by atoms with E-state index in [9.17, 15) is 9.59 Å². The number of amides is 1. The van der Waals surface area contributed by atoms with E-state index in [1.807, 2.05) is 6.92 Å². The number of carbonyl (C=O) groups is 2. The first kappa shape index (κ1) is 15.8. The summed E-state index contributed by atoms with van der Waals surface area (Å²) in [7, 11) is 0. The molecule has 0 radical (unpaired) electrons. The van der Waals surface area contributed by atoms with Gasteiger partial charge in [-0.15, -0.1) is 0 Å². The first-order valence-electron chi connectivity index (χ1n) is 6.52. The van der Waals surface area contributed by atoms with Gasteiger partial charge in [-0.05, 0) is 41.1 Å². The Morgan fingerprint density at radius 3 is 2.95 bits per heavy atom. The molecule has 2 rings (SSSR count). The summed E-state index contributed by atoms with van der Waals surface area (Å²) in [5.41, 5.74) is 0.112. The summed E-state index contributed by atoms with van der Waals surface area (Å²) in [5.74, 6) is -0.844. The van der Waals surface area contributed by atoms with Crippen LogP contribution in [0.5, 0.6) is 5.75 Å². The van der Waals surface area contributed by atoms with Crippen molar-refractivity contribution in [2.75, 3.05) is 26.3 Å². The fourth-order valence-electron chi connectivity index (χ4n) is 2.02. The number of benzene rings is 1. The lowest BCUT2D eigenvalue weighted by Crippen LogP contribution is -2.46. The molecule has 1 fully saturated rings. The minimum atomic E-state index is -1.04. The normalized spacial score (nSPS) is 18.4. The summed E-state index contributed by atoms with van der Waals surface area (Å²) < 4.78 is 11.4. The van der Waals surface area contributed by atoms with Crippen molar-refractivity contribution in [1.29, 1.82) is 0 Å². The molecular weight excluding hydrogens is 342 g/mol. The minimum absolute atomic E-state index is 0.0183. The minimum Gasteiger partial charge on any atom is -0.483 e. The molecule has 0 saturated carbocycles. The molecule has 1 N–H and O–H groups in total. The van der Waals surface area contributed by atoms with Crippen LogP contribution in [0.2, 0.25) is 0 Å². The third kappa shape index (κ3) is 4.18. The predicted octanol–water partition coefficient (Wildman–Crippen LogP) is 1.77. The first-order chi connectivity index (χ1) is 9.97. The van der Waals surface area contributed by atoms with Crippen LogP contribution in [-0.4, -0.2) is 54.3 Å². The average molecular weight is 358 g/mol. The van der Waals surface area contributed by atoms with Gasteiger partial charge in [0.1, 0.15) is 5.75 Å². The molecular formula is C14H16BrNO5. The molecule has 6 nitrogen and oxygen atoms in total. The molecule has 1 saturated heterocycles. The zero-order valence-electron chi connectivity index (χ0n) is 11.5. The molecule has 114 valence electrons. The molecule has 21 heavy (non-hydrogen) atoms. The molecule has 0 aromatic heterocycles. The van der Waals surface area contributed by atoms with Crippen molar-refractivity contribution in [3.8, 4) is 5.75 Å². The Morgan fingerprint density at radius 2 is 2.29 bits per heavy atom. The standard InChI is InChI=1S/C14H16BrNO5/c1-9-7-16(4-5-20-9)13(17)8-21-12-6-10(14(18)19)2-3-11(12)15/h2-3,6,9H,4-5,7-8H2,1H3,(H,18,19). The van der Waals surface area contributed by atoms with Gasteiger partial charge in [-0.25, -0.2) is 4.79 Å². The van der Waals surface area contributed by atoms with Crippen LogP contribution in [0.3, 0.4) is 0 Å². The van der Waals surface area contributed by atoms with Gasteiger partial charge in [-0.1, -0.05) is 0 Å². The van der Waals surface area contributed by atoms with Gasteiger partial charge in [0, 0.05) is 13.1 Å². The van der Waals surface area contributed by atoms with Gasteiger partial charge in [0.2, 0.25) is 0 Å². The molecule has 0 aliphatic carbocycles. The van der Waals surface area contributed by atoms with E-state index in [4.69, 9.17) is 14.6 Å². The molecule has 1 aliphatic heterocycles. The predicted molar refractivity (Wildman–Crippen MR) is 78.6 cm³/mol. The smallest absolute Gasteiger partial charge is 0.335 e. The van der Waals surface area contributed by atoms with Crippen molar-refractivity contribution in [2.24, 2.45) is 0 Å². The van der Waals surface area contributed by atoms with E-state index in [2.05, 4.69) is 15.9 Å². The van der Waals surface area contributed by atoms with Crippen LogP contribution in [0.25, 0.3) is 0 Å². The third-order valence-electron chi connectivity index (χ3n) is 3.12. The van der Waals surface area contributed by atoms with Crippen LogP contribution < -0.4 is 4.74 Å². The molecule has 1 amide bonds. The van der Waals surface area contributed by atoms with Gasteiger partial charge < -0.3 is 19.5 Å². The molecule has 1 unspecified atom stereocenters. The zero-order valence-corrected chi connectivity index (χ0v) is 13.1. The van der Waals surface area contributed by atoms with Gasteiger partial charge in [0.05, 0.1) is 22.7 Å². The third-order valence-corrected chi connectivity index (χ3v) is 3.78. The van der Waals surface area contributed by atoms with Crippen LogP contribution in [-0.2, 0) is 9.53 Å². The second kappa shape index (κ2) is 6.91. The fourth-order valence-corrected chi connectivity index (χ4v) is 2.38. The van der Waals surface area contributed by atoms with Crippen LogP contribution in [0.4, 0.5) is 0 Å². The molecule has 1 heterocycles. The number of carboxylic acids is 1. The van der Waals surface area contributed by atoms with E-state index in [0.29, 0.717) is 29.9 Å². The zero-order chi connectivity index (χ0) is 15.4. The summed E-state index contributed by atoms with van der Waals surface area (Å²) in [5, 5.41) is 8.95. The first-order valence-corrected chi connectivity index (χ1v) is 7.31. The van der Waals surface area contributed by atoms with E-state index in [1.165, 1.54) is 12.1 Å². The largest absolute Gasteiger partial charge is 0.483 e. The van der Waals surface area contributed by atoms with E-state index in [1.54, 1.807) is 11.0 Å². The molecule has 1 aliphatic rings. The number of ether oxygens (including phenoxy) is 2. The number of halogens is 1. The second-order valence-corrected chi connectivity index (χ2v) is 5.61. The van der Waals surface area contributed by atoms with E-state index < -0.39 is 5.97 Å². The van der Waals surface area contributed by atoms with Crippen LogP contribution in [0.15, 0.2) is 22.7 Å². The maximum Gasteiger partial charge on any atom is 0.335 e. The van der Waals surface area contributed by atoms with Gasteiger partial charge in [-0.3, -0.25) is 4.79 Å². The summed E-state index contributed by atoms with van der Waals surface area (Å²) >= 11 is 3.27. The van der Waals surface area contributed by atoms with Gasteiger partial charge in [0.15, 0.2) is 6.61 Å². The number of nitrogens with zero attached hydrogens (tertiary/aromatic N) is 1. The lowest BCUT2D eigenvalue weighted by molar-refractivity contribution is -0.140. The highest BCUT2D eigenvalue weighted by Crippen LogP contribution is 2.26. The Bertz CT molecular complexity index is 548. The molecule has 0 spiro atoms. The van der Waals surface area contributed by atoms with Crippen molar-refractivity contribution >= 4 is 27.8 Å². The van der Waals surface area contributed by atoms with Crippen molar-refractivity contribution in [3.63, 3.8) is 0 Å². The highest BCUT2D eigenvalue weighted by Gasteiger charge is 2.22. The number of hydrogen-bond acceptors (Lipinski definition) is 4. The van der Waals surface area contributed by atoms with Crippen molar-refractivity contribution in [2.45, 2.75) is 13.0 Å². The Labute approximate surface area is 130 Å². The molecule has 0 bridgehead atoms. The fraction of sp³-hybridized carbons (Fsp3) is 0.429. The summed E-state index contributed by atoms with van der Waals surface area (Å²) in [6.07, 6.45) is 0.0183. The summed E-state index contributed by atoms with van der Waals surface area (Å²) in [4.78, 5) is 24.7. The highest BCUT2D eigenvalue weighted by molar-refractivity contribution is 9.10. The maximum atomic E-state index is 12.1. The van der Waals surface area contributed by atoms with Crippen LogP contribution in [0, 0.1) is 0 Å². The van der Waals surface area contributed by atoms with Crippen molar-refractivity contribution in [3.05, 3.63) is 28.2 Å². The molecule has 1 aromatic rings. The Hall–Kier alpha value is -1.60. The van der Waals surface area contributed by atoms with E-state index in [0.717, 1.165) is 0 Å². The number of aromatic carboxylic acids is 1. The Balaban J connectivity index is 1.97. The second-order valence-electron chi connectivity index (χ2n) is 4.76. The monoisotopic (exact) mass is 357 g/mol. The van der Waals surface area contributed by atoms with Gasteiger partial charge in [0.25, 0.3) is 5.91 Å². The topological polar surface area (TPSA) is 76.1 Å². The lowest BCUT2D eigenvalue weighted by atomic mass is 10.2. The van der Waals surface area contributed by atoms with Gasteiger partial charge >= 0.3 is 5.97 Å². The Morgan fingerprint density at radius 1 is 1.52 bits per heavy atom. The Kier molecular flexibility index (Phi) is 5.19. The lowest BCUT2D eigenvalue weighted by Gasteiger charge is -2.31. The summed E-state index contributed by atoms with van der Waals surface area (Å²) in [6, 6.07) is 4.44. The van der Waals surface area contributed by atoms with E-state index in [-0.39, 0.29) is 24.2 Å². The van der Waals surface area contributed by atoms with Crippen LogP contribution >= 0.6 is 15.9 Å². The molecule has 1 atom stereocenters. The SMILES string of the molecule is CC1CN(C(=O)COc2cc(C(=O)O)ccc2Br)CCO1. The number of carboxylic acid groups (broad SMARTS) is 1. The summed E-state index contributed by atoms with van der Waals surface area (Å²) in [6.45, 7) is 3.38. The molecule has 7 heteroatoms. The number of morpholine rings is 1. The maximum absolute atomic E-state index is 12.1. The number of rotatable bonds is 4. The number of hydrogen-bond donors (Lipinski definition) is 1. The van der Waals surface area contributed by atoms with Crippen molar-refractivity contribution < 1.29 is 24.2 Å². The molecule has 1 aromatic carbocycles. The van der Waals surface area contributed by atoms with Crippen LogP contribution in [0.1, 0.15) is 17.3 Å². The quantitative estimate of drug-likeness (QED) is 0.888. The van der Waals surface area contributed by atoms with Crippen molar-refractivity contribution in [1.82, 2.24) is 4.90 Å².